The topological polar surface area (TPSA) is 24.1 Å². The van der Waals surface area contributed by atoms with Gasteiger partial charge in [0.25, 0.3) is 0 Å². The first-order valence-corrected chi connectivity index (χ1v) is 6.74. The smallest absolute Gasteiger partial charge is 0.0619 e. The molecule has 88 valence electrons. The van der Waals surface area contributed by atoms with E-state index in [2.05, 4.69) is 53.3 Å². The van der Waals surface area contributed by atoms with Gasteiger partial charge in [-0.15, -0.1) is 11.8 Å². The van der Waals surface area contributed by atoms with Gasteiger partial charge in [0.05, 0.1) is 11.4 Å². The minimum atomic E-state index is 1.09. The number of para-hydroxylation sites is 2. The Kier molecular flexibility index (Phi) is 3.94. The van der Waals surface area contributed by atoms with Gasteiger partial charge in [0, 0.05) is 17.6 Å². The molecule has 0 aliphatic rings. The zero-order valence-corrected chi connectivity index (χ0v) is 10.8. The normalized spacial score (nSPS) is 10.0. The average molecular weight is 244 g/mol. The molecule has 2 N–H and O–H groups in total. The van der Waals surface area contributed by atoms with Gasteiger partial charge < -0.3 is 10.6 Å². The van der Waals surface area contributed by atoms with E-state index >= 15 is 0 Å². The number of rotatable bonds is 4. The molecule has 0 bridgehead atoms. The summed E-state index contributed by atoms with van der Waals surface area (Å²) in [6, 6.07) is 16.6. The van der Waals surface area contributed by atoms with E-state index in [1.165, 1.54) is 4.90 Å². The Bertz CT molecular complexity index is 480. The van der Waals surface area contributed by atoms with E-state index in [0.717, 1.165) is 17.1 Å². The van der Waals surface area contributed by atoms with Crippen molar-refractivity contribution in [2.24, 2.45) is 0 Å². The highest BCUT2D eigenvalue weighted by molar-refractivity contribution is 7.98. The lowest BCUT2D eigenvalue weighted by Gasteiger charge is -2.11. The summed E-state index contributed by atoms with van der Waals surface area (Å²) in [4.78, 5) is 1.28. The Balaban J connectivity index is 2.19. The summed E-state index contributed by atoms with van der Waals surface area (Å²) in [5.41, 5.74) is 3.29. The molecule has 2 aromatic rings. The van der Waals surface area contributed by atoms with Crippen LogP contribution in [0.1, 0.15) is 0 Å². The Morgan fingerprint density at radius 2 is 1.53 bits per heavy atom. The van der Waals surface area contributed by atoms with Crippen molar-refractivity contribution in [3.63, 3.8) is 0 Å². The van der Waals surface area contributed by atoms with Crippen LogP contribution in [-0.4, -0.2) is 13.3 Å². The summed E-state index contributed by atoms with van der Waals surface area (Å²) in [6.45, 7) is 0. The monoisotopic (exact) mass is 244 g/mol. The van der Waals surface area contributed by atoms with E-state index in [0.29, 0.717) is 0 Å². The summed E-state index contributed by atoms with van der Waals surface area (Å²) < 4.78 is 0. The predicted molar refractivity (Wildman–Crippen MR) is 77.5 cm³/mol. The third-order valence-electron chi connectivity index (χ3n) is 2.57. The van der Waals surface area contributed by atoms with Crippen molar-refractivity contribution in [3.05, 3.63) is 48.5 Å². The van der Waals surface area contributed by atoms with Crippen LogP contribution in [0, 0.1) is 0 Å². The van der Waals surface area contributed by atoms with E-state index in [-0.39, 0.29) is 0 Å². The summed E-state index contributed by atoms with van der Waals surface area (Å²) >= 11 is 1.75. The van der Waals surface area contributed by atoms with E-state index in [1.54, 1.807) is 11.8 Å². The Hall–Kier alpha value is -1.61. The molecule has 0 fully saturated rings. The minimum absolute atomic E-state index is 1.09. The van der Waals surface area contributed by atoms with Crippen LogP contribution in [0.3, 0.4) is 0 Å². The molecule has 0 spiro atoms. The Morgan fingerprint density at radius 3 is 2.12 bits per heavy atom. The molecule has 0 aliphatic heterocycles. The van der Waals surface area contributed by atoms with Crippen LogP contribution in [0.15, 0.2) is 53.4 Å². The van der Waals surface area contributed by atoms with E-state index in [4.69, 9.17) is 0 Å². The molecule has 0 saturated heterocycles. The molecule has 0 amide bonds. The minimum Gasteiger partial charge on any atom is -0.386 e. The molecule has 2 nitrogen and oxygen atoms in total. The Morgan fingerprint density at radius 1 is 0.882 bits per heavy atom. The first-order chi connectivity index (χ1) is 8.33. The second-order valence-corrected chi connectivity index (χ2v) is 4.53. The molecule has 0 radical (unpaired) electrons. The molecule has 2 aromatic carbocycles. The van der Waals surface area contributed by atoms with Gasteiger partial charge >= 0.3 is 0 Å². The molecule has 0 aromatic heterocycles. The maximum Gasteiger partial charge on any atom is 0.0619 e. The Labute approximate surface area is 106 Å². The molecule has 3 heteroatoms. The lowest BCUT2D eigenvalue weighted by atomic mass is 10.2. The number of nitrogens with one attached hydrogen (secondary N) is 2. The molecule has 0 atom stereocenters. The molecule has 0 aliphatic carbocycles. The summed E-state index contributed by atoms with van der Waals surface area (Å²) in [7, 11) is 1.93. The largest absolute Gasteiger partial charge is 0.386 e. The first kappa shape index (κ1) is 11.9. The van der Waals surface area contributed by atoms with Crippen LogP contribution in [0.2, 0.25) is 0 Å². The van der Waals surface area contributed by atoms with Crippen LogP contribution < -0.4 is 10.6 Å². The van der Waals surface area contributed by atoms with Gasteiger partial charge in [-0.05, 0) is 42.7 Å². The average Bonchev–Trinajstić information content (AvgIpc) is 2.40. The fourth-order valence-electron chi connectivity index (χ4n) is 1.64. The summed E-state index contributed by atoms with van der Waals surface area (Å²) in [5.74, 6) is 0. The van der Waals surface area contributed by atoms with E-state index in [1.807, 2.05) is 19.2 Å². The van der Waals surface area contributed by atoms with Crippen LogP contribution >= 0.6 is 11.8 Å². The van der Waals surface area contributed by atoms with Gasteiger partial charge in [0.1, 0.15) is 0 Å². The fraction of sp³-hybridized carbons (Fsp3) is 0.143. The SMILES string of the molecule is CNc1ccccc1Nc1ccc(SC)cc1. The maximum atomic E-state index is 3.40. The van der Waals surface area contributed by atoms with Crippen molar-refractivity contribution in [1.82, 2.24) is 0 Å². The zero-order chi connectivity index (χ0) is 12.1. The van der Waals surface area contributed by atoms with Gasteiger partial charge in [-0.25, -0.2) is 0 Å². The summed E-state index contributed by atoms with van der Waals surface area (Å²) in [6.07, 6.45) is 2.08. The highest BCUT2D eigenvalue weighted by Gasteiger charge is 1.99. The lowest BCUT2D eigenvalue weighted by Crippen LogP contribution is -1.96. The van der Waals surface area contributed by atoms with Crippen molar-refractivity contribution in [3.8, 4) is 0 Å². The van der Waals surface area contributed by atoms with Crippen molar-refractivity contribution in [2.75, 3.05) is 23.9 Å². The quantitative estimate of drug-likeness (QED) is 0.788. The highest BCUT2D eigenvalue weighted by Crippen LogP contribution is 2.25. The molecule has 17 heavy (non-hydrogen) atoms. The highest BCUT2D eigenvalue weighted by atomic mass is 32.2. The molecular formula is C14H16N2S. The van der Waals surface area contributed by atoms with Crippen molar-refractivity contribution >= 4 is 28.8 Å². The van der Waals surface area contributed by atoms with Crippen molar-refractivity contribution < 1.29 is 0 Å². The van der Waals surface area contributed by atoms with Crippen LogP contribution in [0.25, 0.3) is 0 Å². The summed E-state index contributed by atoms with van der Waals surface area (Å²) in [5, 5.41) is 6.57. The van der Waals surface area contributed by atoms with Crippen LogP contribution in [0.5, 0.6) is 0 Å². The van der Waals surface area contributed by atoms with Gasteiger partial charge in [0.2, 0.25) is 0 Å². The number of hydrogen-bond acceptors (Lipinski definition) is 3. The predicted octanol–water partition coefficient (Wildman–Crippen LogP) is 4.19. The number of hydrogen-bond donors (Lipinski definition) is 2. The zero-order valence-electron chi connectivity index (χ0n) is 10.0. The molecule has 0 saturated carbocycles. The molecule has 0 unspecified atom stereocenters. The standard InChI is InChI=1S/C14H16N2S/c1-15-13-5-3-4-6-14(13)16-11-7-9-12(17-2)10-8-11/h3-10,15-16H,1-2H3. The second kappa shape index (κ2) is 5.64. The molecule has 2 rings (SSSR count). The second-order valence-electron chi connectivity index (χ2n) is 3.65. The number of benzene rings is 2. The lowest BCUT2D eigenvalue weighted by molar-refractivity contribution is 1.43. The number of thioether (sulfide) groups is 1. The van der Waals surface area contributed by atoms with Crippen molar-refractivity contribution in [1.29, 1.82) is 0 Å². The third-order valence-corrected chi connectivity index (χ3v) is 3.31. The van der Waals surface area contributed by atoms with Gasteiger partial charge in [-0.3, -0.25) is 0 Å². The first-order valence-electron chi connectivity index (χ1n) is 5.51. The van der Waals surface area contributed by atoms with Gasteiger partial charge in [0.15, 0.2) is 0 Å². The van der Waals surface area contributed by atoms with E-state index in [9.17, 15) is 0 Å². The molecule has 0 heterocycles. The van der Waals surface area contributed by atoms with Gasteiger partial charge in [-0.2, -0.15) is 0 Å². The van der Waals surface area contributed by atoms with Crippen LogP contribution in [-0.2, 0) is 0 Å². The van der Waals surface area contributed by atoms with Crippen LogP contribution in [0.4, 0.5) is 17.1 Å². The molecular weight excluding hydrogens is 228 g/mol. The van der Waals surface area contributed by atoms with E-state index < -0.39 is 0 Å². The number of anilines is 3. The fourth-order valence-corrected chi connectivity index (χ4v) is 2.05. The maximum absolute atomic E-state index is 3.40. The third kappa shape index (κ3) is 2.94. The van der Waals surface area contributed by atoms with Crippen molar-refractivity contribution in [2.45, 2.75) is 4.90 Å². The van der Waals surface area contributed by atoms with Gasteiger partial charge in [-0.1, -0.05) is 12.1 Å².